The molecule has 144 valence electrons. The molecule has 0 saturated carbocycles. The predicted octanol–water partition coefficient (Wildman–Crippen LogP) is 2.67. The van der Waals surface area contributed by atoms with Crippen molar-refractivity contribution in [1.82, 2.24) is 4.90 Å². The van der Waals surface area contributed by atoms with Crippen LogP contribution in [0.3, 0.4) is 0 Å². The van der Waals surface area contributed by atoms with Crippen molar-refractivity contribution in [2.75, 3.05) is 31.1 Å². The molecule has 2 N–H and O–H groups in total. The van der Waals surface area contributed by atoms with E-state index in [9.17, 15) is 14.9 Å². The molecular weight excluding hydrogens is 368 g/mol. The molecule has 3 rings (SSSR count). The lowest BCUT2D eigenvalue weighted by molar-refractivity contribution is -0.384. The molecule has 0 bridgehead atoms. The number of anilines is 1. The number of halogens is 1. The van der Waals surface area contributed by atoms with Gasteiger partial charge in [-0.05, 0) is 18.6 Å². The van der Waals surface area contributed by atoms with Crippen LogP contribution in [-0.4, -0.2) is 41.9 Å². The zero-order valence-corrected chi connectivity index (χ0v) is 15.9. The Morgan fingerprint density at radius 2 is 1.67 bits per heavy atom. The van der Waals surface area contributed by atoms with Crippen LogP contribution in [0, 0.1) is 17.0 Å². The van der Waals surface area contributed by atoms with E-state index >= 15 is 0 Å². The van der Waals surface area contributed by atoms with Gasteiger partial charge < -0.3 is 15.5 Å². The minimum atomic E-state index is -0.687. The molecule has 0 aromatic heterocycles. The zero-order valence-electron chi connectivity index (χ0n) is 15.1. The first-order valence-electron chi connectivity index (χ1n) is 8.56. The zero-order chi connectivity index (χ0) is 18.7. The van der Waals surface area contributed by atoms with Gasteiger partial charge in [-0.3, -0.25) is 14.9 Å². The van der Waals surface area contributed by atoms with Gasteiger partial charge >= 0.3 is 0 Å². The minimum Gasteiger partial charge on any atom is -0.362 e. The molecule has 0 radical (unpaired) electrons. The van der Waals surface area contributed by atoms with Gasteiger partial charge in [-0.1, -0.05) is 42.0 Å². The standard InChI is InChI=1S/C19H22N4O3.ClH/c1-14-6-8-15(9-7-14)18(20)19(24)22-12-10-21(11-13-22)16-4-2-3-5-17(16)23(25)26;/h2-9,18H,10-13,20H2,1H3;1H. The maximum Gasteiger partial charge on any atom is 0.292 e. The number of nitro groups is 1. The summed E-state index contributed by atoms with van der Waals surface area (Å²) in [6.45, 7) is 4.04. The Kier molecular flexibility index (Phi) is 6.76. The largest absolute Gasteiger partial charge is 0.362 e. The normalized spacial score (nSPS) is 15.0. The molecule has 8 heteroatoms. The summed E-state index contributed by atoms with van der Waals surface area (Å²) < 4.78 is 0. The van der Waals surface area contributed by atoms with Crippen LogP contribution in [0.5, 0.6) is 0 Å². The number of aryl methyl sites for hydroxylation is 1. The highest BCUT2D eigenvalue weighted by atomic mass is 35.5. The Balaban J connectivity index is 0.00000261. The molecule has 1 amide bonds. The second kappa shape index (κ2) is 8.83. The molecule has 2 aromatic carbocycles. The third-order valence-electron chi connectivity index (χ3n) is 4.71. The fraction of sp³-hybridized carbons (Fsp3) is 0.316. The Morgan fingerprint density at radius 3 is 2.26 bits per heavy atom. The van der Waals surface area contributed by atoms with E-state index in [2.05, 4.69) is 0 Å². The van der Waals surface area contributed by atoms with Gasteiger partial charge in [0.25, 0.3) is 5.69 Å². The van der Waals surface area contributed by atoms with E-state index in [1.54, 1.807) is 23.1 Å². The maximum atomic E-state index is 12.7. The van der Waals surface area contributed by atoms with Crippen LogP contribution in [0.15, 0.2) is 48.5 Å². The first kappa shape index (κ1) is 20.7. The first-order chi connectivity index (χ1) is 12.5. The van der Waals surface area contributed by atoms with Gasteiger partial charge in [0.1, 0.15) is 11.7 Å². The Morgan fingerprint density at radius 1 is 1.07 bits per heavy atom. The quantitative estimate of drug-likeness (QED) is 0.640. The number of nitro benzene ring substituents is 1. The number of hydrogen-bond donors (Lipinski definition) is 1. The number of carbonyl (C=O) groups excluding carboxylic acids is 1. The highest BCUT2D eigenvalue weighted by Gasteiger charge is 2.28. The fourth-order valence-corrected chi connectivity index (χ4v) is 3.17. The number of para-hydroxylation sites is 2. The fourth-order valence-electron chi connectivity index (χ4n) is 3.17. The average molecular weight is 391 g/mol. The summed E-state index contributed by atoms with van der Waals surface area (Å²) in [6, 6.07) is 13.6. The number of carbonyl (C=O) groups is 1. The molecule has 1 fully saturated rings. The van der Waals surface area contributed by atoms with E-state index in [1.807, 2.05) is 36.1 Å². The van der Waals surface area contributed by atoms with E-state index in [0.29, 0.717) is 31.9 Å². The van der Waals surface area contributed by atoms with Crippen LogP contribution >= 0.6 is 12.4 Å². The summed E-state index contributed by atoms with van der Waals surface area (Å²) in [5.41, 5.74) is 8.72. The van der Waals surface area contributed by atoms with E-state index in [4.69, 9.17) is 5.73 Å². The average Bonchev–Trinajstić information content (AvgIpc) is 2.67. The monoisotopic (exact) mass is 390 g/mol. The summed E-state index contributed by atoms with van der Waals surface area (Å²) >= 11 is 0. The lowest BCUT2D eigenvalue weighted by Crippen LogP contribution is -2.51. The lowest BCUT2D eigenvalue weighted by Gasteiger charge is -2.36. The van der Waals surface area contributed by atoms with Crippen LogP contribution in [0.2, 0.25) is 0 Å². The van der Waals surface area contributed by atoms with Gasteiger partial charge in [-0.15, -0.1) is 12.4 Å². The lowest BCUT2D eigenvalue weighted by atomic mass is 10.0. The minimum absolute atomic E-state index is 0. The molecule has 2 aromatic rings. The van der Waals surface area contributed by atoms with E-state index < -0.39 is 6.04 Å². The van der Waals surface area contributed by atoms with E-state index in [-0.39, 0.29) is 28.9 Å². The van der Waals surface area contributed by atoms with Gasteiger partial charge in [0.15, 0.2) is 0 Å². The van der Waals surface area contributed by atoms with Gasteiger partial charge in [-0.25, -0.2) is 0 Å². The molecule has 1 unspecified atom stereocenters. The Bertz CT molecular complexity index is 805. The maximum absolute atomic E-state index is 12.7. The highest BCUT2D eigenvalue weighted by Crippen LogP contribution is 2.28. The van der Waals surface area contributed by atoms with Gasteiger partial charge in [0.2, 0.25) is 5.91 Å². The topological polar surface area (TPSA) is 92.7 Å². The second-order valence-electron chi connectivity index (χ2n) is 6.45. The van der Waals surface area contributed by atoms with Crippen LogP contribution in [0.25, 0.3) is 0 Å². The van der Waals surface area contributed by atoms with Crippen LogP contribution in [0.4, 0.5) is 11.4 Å². The number of hydrogen-bond acceptors (Lipinski definition) is 5. The van der Waals surface area contributed by atoms with E-state index in [1.165, 1.54) is 6.07 Å². The van der Waals surface area contributed by atoms with Crippen LogP contribution < -0.4 is 10.6 Å². The first-order valence-corrected chi connectivity index (χ1v) is 8.56. The third kappa shape index (κ3) is 4.56. The summed E-state index contributed by atoms with van der Waals surface area (Å²) in [4.78, 5) is 27.2. The molecule has 1 aliphatic rings. The number of nitrogens with two attached hydrogens (primary N) is 1. The van der Waals surface area contributed by atoms with Crippen LogP contribution in [0.1, 0.15) is 17.2 Å². The molecule has 27 heavy (non-hydrogen) atoms. The van der Waals surface area contributed by atoms with Crippen molar-refractivity contribution in [1.29, 1.82) is 0 Å². The van der Waals surface area contributed by atoms with Crippen molar-refractivity contribution in [2.24, 2.45) is 5.73 Å². The third-order valence-corrected chi connectivity index (χ3v) is 4.71. The Labute approximate surface area is 164 Å². The summed E-state index contributed by atoms with van der Waals surface area (Å²) in [7, 11) is 0. The van der Waals surface area contributed by atoms with Gasteiger partial charge in [-0.2, -0.15) is 0 Å². The van der Waals surface area contributed by atoms with Gasteiger partial charge in [0, 0.05) is 32.2 Å². The Hall–Kier alpha value is -2.64. The molecular formula is C19H23ClN4O3. The summed E-state index contributed by atoms with van der Waals surface area (Å²) in [6.07, 6.45) is 0. The number of rotatable bonds is 4. The summed E-state index contributed by atoms with van der Waals surface area (Å²) in [5, 5.41) is 11.2. The molecule has 0 aliphatic carbocycles. The van der Waals surface area contributed by atoms with Crippen LogP contribution in [-0.2, 0) is 4.79 Å². The molecule has 7 nitrogen and oxygen atoms in total. The predicted molar refractivity (Wildman–Crippen MR) is 107 cm³/mol. The van der Waals surface area contributed by atoms with Crippen molar-refractivity contribution in [3.63, 3.8) is 0 Å². The molecule has 1 atom stereocenters. The van der Waals surface area contributed by atoms with Crippen molar-refractivity contribution >= 4 is 29.7 Å². The number of amides is 1. The summed E-state index contributed by atoms with van der Waals surface area (Å²) in [5.74, 6) is -0.115. The molecule has 1 aliphatic heterocycles. The number of benzene rings is 2. The molecule has 0 spiro atoms. The van der Waals surface area contributed by atoms with Crippen molar-refractivity contribution in [2.45, 2.75) is 13.0 Å². The number of nitrogens with zero attached hydrogens (tertiary/aromatic N) is 3. The number of piperazine rings is 1. The SMILES string of the molecule is Cc1ccc(C(N)C(=O)N2CCN(c3ccccc3[N+](=O)[O-])CC2)cc1.Cl. The van der Waals surface area contributed by atoms with E-state index in [0.717, 1.165) is 11.1 Å². The molecule has 1 saturated heterocycles. The van der Waals surface area contributed by atoms with Crippen molar-refractivity contribution in [3.05, 3.63) is 69.8 Å². The molecule has 1 heterocycles. The highest BCUT2D eigenvalue weighted by molar-refractivity contribution is 5.85. The van der Waals surface area contributed by atoms with Gasteiger partial charge in [0.05, 0.1) is 4.92 Å². The second-order valence-corrected chi connectivity index (χ2v) is 6.45. The van der Waals surface area contributed by atoms with Crippen molar-refractivity contribution < 1.29 is 9.72 Å². The smallest absolute Gasteiger partial charge is 0.292 e. The van der Waals surface area contributed by atoms with Crippen molar-refractivity contribution in [3.8, 4) is 0 Å².